The molecule has 3 N–H and O–H groups in total. The van der Waals surface area contributed by atoms with Gasteiger partial charge in [0.1, 0.15) is 16.8 Å². The molecule has 0 aromatic heterocycles. The maximum absolute atomic E-state index is 12.8. The van der Waals surface area contributed by atoms with E-state index in [2.05, 4.69) is 0 Å². The van der Waals surface area contributed by atoms with Gasteiger partial charge < -0.3 is 5.11 Å². The summed E-state index contributed by atoms with van der Waals surface area (Å²) in [5.41, 5.74) is -0.143. The second-order valence-electron chi connectivity index (χ2n) is 2.25. The summed E-state index contributed by atoms with van der Waals surface area (Å²) in [6, 6.07) is 2.95. The lowest BCUT2D eigenvalue weighted by Gasteiger charge is -1.99. The Morgan fingerprint density at radius 2 is 2.15 bits per heavy atom. The summed E-state index contributed by atoms with van der Waals surface area (Å²) in [4.78, 5) is 10.1. The van der Waals surface area contributed by atoms with E-state index in [9.17, 15) is 13.4 Å². The molecular weight excluding hydrogens is 197 g/mol. The number of nitrogens with two attached hydrogens (primary N) is 1. The van der Waals surface area contributed by atoms with Gasteiger partial charge in [0.15, 0.2) is 0 Å². The van der Waals surface area contributed by atoms with Gasteiger partial charge in [-0.2, -0.15) is 0 Å². The van der Waals surface area contributed by atoms with E-state index < -0.39 is 22.8 Å². The summed E-state index contributed by atoms with van der Waals surface area (Å²) in [5.74, 6) is -1.99. The van der Waals surface area contributed by atoms with Crippen molar-refractivity contribution in [1.29, 1.82) is 0 Å². The summed E-state index contributed by atoms with van der Waals surface area (Å²) in [7, 11) is -2.01. The molecule has 1 unspecified atom stereocenters. The molecule has 0 radical (unpaired) electrons. The molecule has 0 amide bonds. The molecule has 1 atom stereocenters. The number of halogens is 1. The molecule has 1 aromatic carbocycles. The van der Waals surface area contributed by atoms with Crippen LogP contribution in [-0.4, -0.2) is 15.3 Å². The zero-order chi connectivity index (χ0) is 10.0. The molecule has 0 fully saturated rings. The van der Waals surface area contributed by atoms with Crippen LogP contribution >= 0.6 is 0 Å². The number of rotatable bonds is 2. The lowest BCUT2D eigenvalue weighted by Crippen LogP contribution is -2.07. The molecule has 0 spiro atoms. The molecule has 0 aliphatic carbocycles. The highest BCUT2D eigenvalue weighted by Crippen LogP contribution is 2.12. The van der Waals surface area contributed by atoms with E-state index in [1.54, 1.807) is 0 Å². The van der Waals surface area contributed by atoms with E-state index >= 15 is 0 Å². The zero-order valence-corrected chi connectivity index (χ0v) is 7.18. The predicted octanol–water partition coefficient (Wildman–Crippen LogP) is 0.505. The minimum atomic E-state index is -2.01. The third-order valence-electron chi connectivity index (χ3n) is 1.39. The first-order valence-corrected chi connectivity index (χ1v) is 4.42. The topological polar surface area (TPSA) is 80.4 Å². The Bertz CT molecular complexity index is 380. The fourth-order valence-electron chi connectivity index (χ4n) is 0.791. The first-order valence-electron chi connectivity index (χ1n) is 3.21. The molecule has 4 nitrogen and oxygen atoms in total. The number of carboxylic acid groups (broad SMARTS) is 1. The maximum atomic E-state index is 12.8. The molecular formula is C7H6FNO3S. The summed E-state index contributed by atoms with van der Waals surface area (Å²) in [5, 5.41) is 13.4. The van der Waals surface area contributed by atoms with Crippen LogP contribution in [0.15, 0.2) is 23.1 Å². The summed E-state index contributed by atoms with van der Waals surface area (Å²) in [6.45, 7) is 0. The predicted molar refractivity (Wildman–Crippen MR) is 44.0 cm³/mol. The Labute approximate surface area is 75.8 Å². The number of hydrogen-bond donors (Lipinski definition) is 2. The largest absolute Gasteiger partial charge is 0.478 e. The number of benzene rings is 1. The van der Waals surface area contributed by atoms with E-state index in [0.717, 1.165) is 18.2 Å². The van der Waals surface area contributed by atoms with Crippen LogP contribution in [0.2, 0.25) is 0 Å². The first kappa shape index (κ1) is 9.82. The van der Waals surface area contributed by atoms with Crippen molar-refractivity contribution >= 4 is 17.0 Å². The standard InChI is InChI=1S/C7H6FNO3S/c8-5-2-1-4(7(10)11)3-6(5)13(9)12/h1-3H,9H2,(H,10,11). The molecule has 70 valence electrons. The molecule has 0 saturated heterocycles. The molecule has 6 heteroatoms. The average Bonchev–Trinajstić information content (AvgIpc) is 2.04. The molecule has 13 heavy (non-hydrogen) atoms. The van der Waals surface area contributed by atoms with Crippen LogP contribution in [0.4, 0.5) is 4.39 Å². The first-order chi connectivity index (χ1) is 6.02. The van der Waals surface area contributed by atoms with Crippen molar-refractivity contribution in [2.24, 2.45) is 5.14 Å². The summed E-state index contributed by atoms with van der Waals surface area (Å²) in [6.07, 6.45) is 0. The molecule has 1 aromatic rings. The average molecular weight is 203 g/mol. The normalized spacial score (nSPS) is 12.5. The minimum absolute atomic E-state index is 0.143. The molecule has 0 bridgehead atoms. The molecule has 0 heterocycles. The Hall–Kier alpha value is -1.27. The highest BCUT2D eigenvalue weighted by Gasteiger charge is 2.10. The Kier molecular flexibility index (Phi) is 2.74. The molecule has 0 aliphatic heterocycles. The SMILES string of the molecule is NS(=O)c1cc(C(=O)O)ccc1F. The third kappa shape index (κ3) is 2.10. The van der Waals surface area contributed by atoms with Gasteiger partial charge >= 0.3 is 5.97 Å². The monoisotopic (exact) mass is 203 g/mol. The van der Waals surface area contributed by atoms with Crippen LogP contribution in [0.1, 0.15) is 10.4 Å². The van der Waals surface area contributed by atoms with Gasteiger partial charge in [0.2, 0.25) is 0 Å². The third-order valence-corrected chi connectivity index (χ3v) is 2.14. The van der Waals surface area contributed by atoms with Gasteiger partial charge in [-0.05, 0) is 18.2 Å². The van der Waals surface area contributed by atoms with E-state index in [-0.39, 0.29) is 10.5 Å². The van der Waals surface area contributed by atoms with Crippen molar-refractivity contribution in [2.75, 3.05) is 0 Å². The zero-order valence-electron chi connectivity index (χ0n) is 6.36. The van der Waals surface area contributed by atoms with E-state index in [0.29, 0.717) is 0 Å². The Morgan fingerprint density at radius 1 is 1.54 bits per heavy atom. The van der Waals surface area contributed by atoms with Crippen LogP contribution in [-0.2, 0) is 11.0 Å². The minimum Gasteiger partial charge on any atom is -0.478 e. The van der Waals surface area contributed by atoms with E-state index in [1.165, 1.54) is 0 Å². The Balaban J connectivity index is 3.27. The van der Waals surface area contributed by atoms with Crippen molar-refractivity contribution < 1.29 is 18.5 Å². The summed E-state index contributed by atoms with van der Waals surface area (Å²) >= 11 is 0. The number of hydrogen-bond acceptors (Lipinski definition) is 2. The highest BCUT2D eigenvalue weighted by molar-refractivity contribution is 7.82. The fraction of sp³-hybridized carbons (Fsp3) is 0. The van der Waals surface area contributed by atoms with Gasteiger partial charge in [-0.25, -0.2) is 18.5 Å². The second kappa shape index (κ2) is 3.63. The van der Waals surface area contributed by atoms with Gasteiger partial charge in [-0.1, -0.05) is 0 Å². The van der Waals surface area contributed by atoms with Crippen molar-refractivity contribution in [3.8, 4) is 0 Å². The summed E-state index contributed by atoms with van der Waals surface area (Å²) < 4.78 is 23.5. The quantitative estimate of drug-likeness (QED) is 0.734. The fourth-order valence-corrected chi connectivity index (χ4v) is 1.29. The maximum Gasteiger partial charge on any atom is 0.335 e. The van der Waals surface area contributed by atoms with E-state index in [4.69, 9.17) is 10.2 Å². The van der Waals surface area contributed by atoms with Crippen LogP contribution in [0, 0.1) is 5.82 Å². The lowest BCUT2D eigenvalue weighted by molar-refractivity contribution is 0.0696. The van der Waals surface area contributed by atoms with Crippen LogP contribution in [0.25, 0.3) is 0 Å². The molecule has 0 saturated carbocycles. The number of carboxylic acids is 1. The van der Waals surface area contributed by atoms with Crippen LogP contribution in [0.3, 0.4) is 0 Å². The van der Waals surface area contributed by atoms with Gasteiger partial charge in [-0.3, -0.25) is 0 Å². The number of carbonyl (C=O) groups is 1. The number of aromatic carboxylic acids is 1. The van der Waals surface area contributed by atoms with Gasteiger partial charge in [0.25, 0.3) is 0 Å². The smallest absolute Gasteiger partial charge is 0.335 e. The van der Waals surface area contributed by atoms with Gasteiger partial charge in [0, 0.05) is 0 Å². The van der Waals surface area contributed by atoms with Crippen LogP contribution in [0.5, 0.6) is 0 Å². The van der Waals surface area contributed by atoms with Crippen molar-refractivity contribution in [3.63, 3.8) is 0 Å². The highest BCUT2D eigenvalue weighted by atomic mass is 32.2. The van der Waals surface area contributed by atoms with Crippen molar-refractivity contribution in [3.05, 3.63) is 29.6 Å². The molecule has 0 aliphatic rings. The van der Waals surface area contributed by atoms with E-state index in [1.807, 2.05) is 0 Å². The van der Waals surface area contributed by atoms with Crippen molar-refractivity contribution in [1.82, 2.24) is 0 Å². The molecule has 1 rings (SSSR count). The lowest BCUT2D eigenvalue weighted by atomic mass is 10.2. The van der Waals surface area contributed by atoms with Gasteiger partial charge in [0.05, 0.1) is 10.5 Å². The van der Waals surface area contributed by atoms with Gasteiger partial charge in [-0.15, -0.1) is 0 Å². The second-order valence-corrected chi connectivity index (χ2v) is 3.28. The van der Waals surface area contributed by atoms with Crippen molar-refractivity contribution in [2.45, 2.75) is 4.90 Å². The van der Waals surface area contributed by atoms with Crippen LogP contribution < -0.4 is 5.14 Å². The Morgan fingerprint density at radius 3 is 2.62 bits per heavy atom.